The van der Waals surface area contributed by atoms with Crippen LogP contribution in [0.1, 0.15) is 28.4 Å². The van der Waals surface area contributed by atoms with Crippen LogP contribution in [0.4, 0.5) is 11.4 Å². The first kappa shape index (κ1) is 21.5. The Morgan fingerprint density at radius 3 is 2.60 bits per heavy atom. The van der Waals surface area contributed by atoms with Crippen LogP contribution in [0.25, 0.3) is 0 Å². The van der Waals surface area contributed by atoms with Crippen molar-refractivity contribution in [2.75, 3.05) is 10.9 Å². The van der Waals surface area contributed by atoms with Crippen LogP contribution in [0.3, 0.4) is 0 Å². The Bertz CT molecular complexity index is 1030. The van der Waals surface area contributed by atoms with Gasteiger partial charge in [-0.2, -0.15) is 0 Å². The van der Waals surface area contributed by atoms with Crippen LogP contribution in [-0.2, 0) is 17.8 Å². The Morgan fingerprint density at radius 2 is 1.97 bits per heavy atom. The van der Waals surface area contributed by atoms with E-state index in [1.165, 1.54) is 0 Å². The van der Waals surface area contributed by atoms with Gasteiger partial charge in [0.25, 0.3) is 5.91 Å². The van der Waals surface area contributed by atoms with Crippen molar-refractivity contribution >= 4 is 28.5 Å². The summed E-state index contributed by atoms with van der Waals surface area (Å²) in [6.45, 7) is 4.51. The first-order valence-electron chi connectivity index (χ1n) is 9.39. The number of nitrogens with zero attached hydrogens (tertiary/aromatic N) is 2. The number of hydrogen-bond donors (Lipinski definition) is 1. The highest BCUT2D eigenvalue weighted by atomic mass is 32.2. The maximum Gasteiger partial charge on any atom is 0.251 e. The number of aryl methyl sites for hydroxylation is 1. The quantitative estimate of drug-likeness (QED) is 0.557. The van der Waals surface area contributed by atoms with Crippen molar-refractivity contribution in [3.05, 3.63) is 83.7 Å². The van der Waals surface area contributed by atoms with E-state index in [1.54, 1.807) is 67.8 Å². The van der Waals surface area contributed by atoms with Gasteiger partial charge in [-0.15, -0.1) is 0 Å². The van der Waals surface area contributed by atoms with Crippen LogP contribution in [0.2, 0.25) is 0 Å². The van der Waals surface area contributed by atoms with Crippen molar-refractivity contribution in [3.8, 4) is 5.75 Å². The van der Waals surface area contributed by atoms with Gasteiger partial charge in [0.1, 0.15) is 5.75 Å². The summed E-state index contributed by atoms with van der Waals surface area (Å²) < 4.78 is 30.7. The minimum absolute atomic E-state index is 0.302. The molecule has 3 rings (SSSR count). The van der Waals surface area contributed by atoms with Gasteiger partial charge in [-0.3, -0.25) is 18.3 Å². The minimum atomic E-state index is -2.58. The van der Waals surface area contributed by atoms with E-state index in [9.17, 15) is 13.6 Å². The summed E-state index contributed by atoms with van der Waals surface area (Å²) >= 11 is -2.58. The number of nitrogens with one attached hydrogen (secondary N) is 1. The third-order valence-corrected chi connectivity index (χ3v) is 5.10. The normalized spacial score (nSPS) is 11.6. The molecule has 1 atom stereocenters. The average Bonchev–Trinajstić information content (AvgIpc) is 2.75. The number of amides is 1. The summed E-state index contributed by atoms with van der Waals surface area (Å²) in [6.07, 6.45) is 3.34. The molecule has 0 spiro atoms. The topological polar surface area (TPSA) is 94.6 Å². The zero-order valence-electron chi connectivity index (χ0n) is 16.7. The van der Waals surface area contributed by atoms with E-state index >= 15 is 0 Å². The number of carbonyl (C=O) groups is 1. The number of rotatable bonds is 8. The Kier molecular flexibility index (Phi) is 7.16. The largest absolute Gasteiger partial charge is 0.755 e. The van der Waals surface area contributed by atoms with Gasteiger partial charge in [-0.25, -0.2) is 0 Å². The van der Waals surface area contributed by atoms with E-state index in [0.717, 1.165) is 15.4 Å². The molecule has 8 heteroatoms. The van der Waals surface area contributed by atoms with Crippen molar-refractivity contribution in [1.29, 1.82) is 0 Å². The molecule has 1 N–H and O–H groups in total. The number of hydrogen-bond acceptors (Lipinski definition) is 5. The van der Waals surface area contributed by atoms with Crippen molar-refractivity contribution in [1.82, 2.24) is 10.3 Å². The second kappa shape index (κ2) is 10.00. The minimum Gasteiger partial charge on any atom is -0.755 e. The molecule has 30 heavy (non-hydrogen) atoms. The van der Waals surface area contributed by atoms with Gasteiger partial charge in [-0.05, 0) is 67.4 Å². The van der Waals surface area contributed by atoms with Crippen molar-refractivity contribution in [2.45, 2.75) is 20.4 Å². The predicted octanol–water partition coefficient (Wildman–Crippen LogP) is 3.65. The molecule has 2 aromatic carbocycles. The van der Waals surface area contributed by atoms with Crippen LogP contribution in [0.15, 0.2) is 67.0 Å². The second-order valence-electron chi connectivity index (χ2n) is 6.48. The lowest BCUT2D eigenvalue weighted by Crippen LogP contribution is -2.24. The van der Waals surface area contributed by atoms with Crippen molar-refractivity contribution in [3.63, 3.8) is 0 Å². The average molecular weight is 425 g/mol. The summed E-state index contributed by atoms with van der Waals surface area (Å²) in [5.41, 5.74) is 2.80. The van der Waals surface area contributed by atoms with Crippen LogP contribution < -0.4 is 14.4 Å². The molecule has 1 amide bonds. The number of aromatic nitrogens is 1. The Balaban J connectivity index is 1.85. The lowest BCUT2D eigenvalue weighted by atomic mass is 10.1. The molecule has 0 fully saturated rings. The summed E-state index contributed by atoms with van der Waals surface area (Å²) in [6, 6.07) is 15.4. The third-order valence-electron chi connectivity index (χ3n) is 4.40. The van der Waals surface area contributed by atoms with Crippen molar-refractivity contribution in [2.24, 2.45) is 0 Å². The molecule has 1 heterocycles. The predicted molar refractivity (Wildman–Crippen MR) is 115 cm³/mol. The fourth-order valence-corrected chi connectivity index (χ4v) is 3.56. The highest BCUT2D eigenvalue weighted by Crippen LogP contribution is 2.31. The van der Waals surface area contributed by atoms with Crippen LogP contribution in [-0.4, -0.2) is 26.3 Å². The van der Waals surface area contributed by atoms with Crippen molar-refractivity contribution < 1.29 is 18.3 Å². The van der Waals surface area contributed by atoms with Crippen LogP contribution in [0.5, 0.6) is 5.75 Å². The Labute approximate surface area is 178 Å². The maximum atomic E-state index is 12.6. The number of pyridine rings is 1. The van der Waals surface area contributed by atoms with E-state index < -0.39 is 11.3 Å². The van der Waals surface area contributed by atoms with Gasteiger partial charge < -0.3 is 14.6 Å². The molecular formula is C22H22N3O4S-. The van der Waals surface area contributed by atoms with Gasteiger partial charge in [0.2, 0.25) is 0 Å². The van der Waals surface area contributed by atoms with Gasteiger partial charge in [0.15, 0.2) is 0 Å². The van der Waals surface area contributed by atoms with Gasteiger partial charge in [0, 0.05) is 24.5 Å². The monoisotopic (exact) mass is 424 g/mol. The molecule has 0 aliphatic rings. The van der Waals surface area contributed by atoms with Gasteiger partial charge in [0.05, 0.1) is 29.2 Å². The summed E-state index contributed by atoms with van der Waals surface area (Å²) in [7, 11) is 0. The molecule has 156 valence electrons. The van der Waals surface area contributed by atoms with E-state index in [0.29, 0.717) is 35.8 Å². The molecule has 0 aliphatic carbocycles. The Morgan fingerprint density at radius 1 is 1.20 bits per heavy atom. The zero-order valence-corrected chi connectivity index (χ0v) is 17.5. The smallest absolute Gasteiger partial charge is 0.251 e. The standard InChI is InChI=1S/C22H23N3O4S/c1-3-29-20-10-8-19(9-11-20)25(30(27)28)21-13-18(7-6-16(21)2)22(26)24-15-17-5-4-12-23-14-17/h4-14H,3,15H2,1-2H3,(H,24,26)(H,27,28)/p-1. The molecule has 0 aliphatic heterocycles. The summed E-state index contributed by atoms with van der Waals surface area (Å²) in [4.78, 5) is 16.6. The van der Waals surface area contributed by atoms with Gasteiger partial charge >= 0.3 is 0 Å². The first-order chi connectivity index (χ1) is 14.5. The SMILES string of the molecule is CCOc1ccc(N(c2cc(C(=O)NCc3cccnc3)ccc2C)S(=O)[O-])cc1. The molecule has 7 nitrogen and oxygen atoms in total. The molecule has 1 unspecified atom stereocenters. The third kappa shape index (κ3) is 5.22. The van der Waals surface area contributed by atoms with E-state index in [4.69, 9.17) is 4.74 Å². The molecule has 0 saturated heterocycles. The maximum absolute atomic E-state index is 12.6. The molecule has 3 aromatic rings. The molecule has 1 aromatic heterocycles. The number of carbonyl (C=O) groups excluding carboxylic acids is 1. The molecule has 0 radical (unpaired) electrons. The number of benzene rings is 2. The number of anilines is 2. The van der Waals surface area contributed by atoms with E-state index in [-0.39, 0.29) is 5.91 Å². The van der Waals surface area contributed by atoms with Crippen LogP contribution >= 0.6 is 0 Å². The molecule has 0 bridgehead atoms. The summed E-state index contributed by atoms with van der Waals surface area (Å²) in [5.74, 6) is 0.349. The lowest BCUT2D eigenvalue weighted by Gasteiger charge is -2.28. The fraction of sp³-hybridized carbons (Fsp3) is 0.182. The number of ether oxygens (including phenoxy) is 1. The molecular weight excluding hydrogens is 402 g/mol. The molecule has 0 saturated carbocycles. The van der Waals surface area contributed by atoms with Gasteiger partial charge in [-0.1, -0.05) is 12.1 Å². The fourth-order valence-electron chi connectivity index (χ4n) is 2.91. The second-order valence-corrected chi connectivity index (χ2v) is 7.28. The van der Waals surface area contributed by atoms with E-state index in [1.807, 2.05) is 13.0 Å². The first-order valence-corrected chi connectivity index (χ1v) is 10.4. The van der Waals surface area contributed by atoms with E-state index in [2.05, 4.69) is 10.3 Å². The Hall–Kier alpha value is -3.23. The highest BCUT2D eigenvalue weighted by Gasteiger charge is 2.16. The highest BCUT2D eigenvalue weighted by molar-refractivity contribution is 7.81. The van der Waals surface area contributed by atoms with Crippen LogP contribution in [0, 0.1) is 6.92 Å². The lowest BCUT2D eigenvalue weighted by molar-refractivity contribution is 0.0951. The summed E-state index contributed by atoms with van der Waals surface area (Å²) in [5, 5.41) is 2.82. The zero-order chi connectivity index (χ0) is 21.5.